The third-order valence-corrected chi connectivity index (χ3v) is 7.09. The van der Waals surface area contributed by atoms with E-state index in [-0.39, 0.29) is 18.0 Å². The summed E-state index contributed by atoms with van der Waals surface area (Å²) in [6.07, 6.45) is 14.1. The van der Waals surface area contributed by atoms with E-state index >= 15 is 0 Å². The average molecular weight is 548 g/mol. The van der Waals surface area contributed by atoms with Crippen molar-refractivity contribution in [3.63, 3.8) is 0 Å². The molecule has 2 aromatic heterocycles. The van der Waals surface area contributed by atoms with Crippen LogP contribution in [0.1, 0.15) is 24.5 Å². The van der Waals surface area contributed by atoms with Crippen molar-refractivity contribution in [2.75, 3.05) is 13.2 Å². The number of halogens is 2. The Balaban J connectivity index is 1.15. The molecule has 2 unspecified atom stereocenters. The van der Waals surface area contributed by atoms with Gasteiger partial charge in [-0.1, -0.05) is 43.4 Å². The van der Waals surface area contributed by atoms with E-state index in [1.54, 1.807) is 10.9 Å². The first-order valence-electron chi connectivity index (χ1n) is 13.1. The van der Waals surface area contributed by atoms with Crippen LogP contribution in [0.15, 0.2) is 91.8 Å². The zero-order valence-electron chi connectivity index (χ0n) is 22.1. The second-order valence-corrected chi connectivity index (χ2v) is 9.97. The minimum atomic E-state index is -1.65. The molecule has 1 N–H and O–H groups in total. The molecule has 3 heterocycles. The number of hydrogen-bond acceptors (Lipinski definition) is 6. The smallest absolute Gasteiger partial charge is 0.177 e. The van der Waals surface area contributed by atoms with Crippen LogP contribution in [0.3, 0.4) is 0 Å². The molecule has 2 atom stereocenters. The Morgan fingerprint density at radius 3 is 2.58 bits per heavy atom. The third kappa shape index (κ3) is 6.59. The van der Waals surface area contributed by atoms with Gasteiger partial charge in [-0.05, 0) is 48.2 Å². The van der Waals surface area contributed by atoms with Crippen LogP contribution in [0.2, 0.25) is 0 Å². The van der Waals surface area contributed by atoms with Gasteiger partial charge in [-0.15, -0.1) is 0 Å². The van der Waals surface area contributed by atoms with Crippen molar-refractivity contribution in [3.8, 4) is 5.69 Å². The van der Waals surface area contributed by atoms with Crippen LogP contribution in [0.25, 0.3) is 11.8 Å². The lowest BCUT2D eigenvalue weighted by atomic mass is 9.77. The number of allylic oxidation sites excluding steroid dienone is 2. The summed E-state index contributed by atoms with van der Waals surface area (Å²) >= 11 is 0. The van der Waals surface area contributed by atoms with Gasteiger partial charge in [0.2, 0.25) is 0 Å². The van der Waals surface area contributed by atoms with Gasteiger partial charge in [-0.25, -0.2) is 23.1 Å². The molecule has 1 fully saturated rings. The fourth-order valence-electron chi connectivity index (χ4n) is 4.89. The molecule has 2 aromatic carbocycles. The standard InChI is InChI=1S/C30H31F2N5O3/c1-22(30(38,19-36-21-33-20-35-36)27-12-9-25(31)16-28(27)32)15-24-17-39-29(40-18-24)6-3-2-5-23-7-10-26(11-8-23)37-14-4-13-34-37/h2-14,16,20-22,24,29,38H,15,17-19H2,1H3. The minimum absolute atomic E-state index is 0.0122. The van der Waals surface area contributed by atoms with Crippen molar-refractivity contribution < 1.29 is 23.4 Å². The van der Waals surface area contributed by atoms with Crippen molar-refractivity contribution in [2.24, 2.45) is 11.8 Å². The molecular formula is C30H31F2N5O3. The summed E-state index contributed by atoms with van der Waals surface area (Å²) < 4.78 is 43.4. The molecule has 1 aliphatic rings. The van der Waals surface area contributed by atoms with Gasteiger partial charge in [-0.3, -0.25) is 0 Å². The molecule has 8 nitrogen and oxygen atoms in total. The Kier molecular flexibility index (Phi) is 8.59. The molecule has 0 saturated carbocycles. The summed E-state index contributed by atoms with van der Waals surface area (Å²) in [6, 6.07) is 13.1. The molecule has 1 aliphatic heterocycles. The normalized spacial score (nSPS) is 20.2. The van der Waals surface area contributed by atoms with Crippen molar-refractivity contribution in [1.82, 2.24) is 24.5 Å². The Bertz CT molecular complexity index is 1420. The predicted octanol–water partition coefficient (Wildman–Crippen LogP) is 4.91. The Morgan fingerprint density at radius 2 is 1.90 bits per heavy atom. The summed E-state index contributed by atoms with van der Waals surface area (Å²) in [5, 5.41) is 20.0. The van der Waals surface area contributed by atoms with Crippen LogP contribution >= 0.6 is 0 Å². The van der Waals surface area contributed by atoms with Crippen molar-refractivity contribution >= 4 is 6.08 Å². The number of hydrogen-bond donors (Lipinski definition) is 1. The Labute approximate surface area is 231 Å². The highest BCUT2D eigenvalue weighted by atomic mass is 19.1. The lowest BCUT2D eigenvalue weighted by Crippen LogP contribution is -2.42. The van der Waals surface area contributed by atoms with Crippen LogP contribution < -0.4 is 0 Å². The van der Waals surface area contributed by atoms with Gasteiger partial charge in [0, 0.05) is 29.9 Å². The predicted molar refractivity (Wildman–Crippen MR) is 145 cm³/mol. The van der Waals surface area contributed by atoms with Gasteiger partial charge in [-0.2, -0.15) is 10.2 Å². The summed E-state index contributed by atoms with van der Waals surface area (Å²) in [5.74, 6) is -1.96. The van der Waals surface area contributed by atoms with Crippen LogP contribution in [-0.4, -0.2) is 49.2 Å². The summed E-state index contributed by atoms with van der Waals surface area (Å²) in [4.78, 5) is 3.91. The molecule has 10 heteroatoms. The number of nitrogens with zero attached hydrogens (tertiary/aromatic N) is 5. The largest absolute Gasteiger partial charge is 0.383 e. The van der Waals surface area contributed by atoms with Gasteiger partial charge in [0.05, 0.1) is 25.4 Å². The van der Waals surface area contributed by atoms with E-state index in [9.17, 15) is 13.9 Å². The minimum Gasteiger partial charge on any atom is -0.383 e. The Hall–Kier alpha value is -3.99. The van der Waals surface area contributed by atoms with Crippen molar-refractivity contribution in [1.29, 1.82) is 0 Å². The van der Waals surface area contributed by atoms with E-state index in [0.717, 1.165) is 23.4 Å². The van der Waals surface area contributed by atoms with Crippen LogP contribution in [0.4, 0.5) is 8.78 Å². The summed E-state index contributed by atoms with van der Waals surface area (Å²) in [5.41, 5.74) is 0.406. The highest BCUT2D eigenvalue weighted by Gasteiger charge is 2.40. The molecule has 0 aliphatic carbocycles. The lowest BCUT2D eigenvalue weighted by molar-refractivity contribution is -0.181. The quantitative estimate of drug-likeness (QED) is 0.284. The molecule has 5 rings (SSSR count). The van der Waals surface area contributed by atoms with Gasteiger partial charge >= 0.3 is 0 Å². The van der Waals surface area contributed by atoms with Crippen molar-refractivity contribution in [2.45, 2.75) is 31.8 Å². The second-order valence-electron chi connectivity index (χ2n) is 9.97. The number of aliphatic hydroxyl groups is 1. The number of aromatic nitrogens is 5. The lowest BCUT2D eigenvalue weighted by Gasteiger charge is -2.38. The molecule has 0 radical (unpaired) electrons. The Morgan fingerprint density at radius 1 is 1.10 bits per heavy atom. The van der Waals surface area contributed by atoms with E-state index in [2.05, 4.69) is 15.2 Å². The van der Waals surface area contributed by atoms with E-state index in [0.29, 0.717) is 19.6 Å². The van der Waals surface area contributed by atoms with Crippen LogP contribution in [0.5, 0.6) is 0 Å². The number of ether oxygens (including phenoxy) is 2. The molecule has 4 aromatic rings. The highest BCUT2D eigenvalue weighted by molar-refractivity contribution is 5.53. The van der Waals surface area contributed by atoms with Crippen molar-refractivity contribution in [3.05, 3.63) is 115 Å². The first kappa shape index (κ1) is 27.6. The molecular weight excluding hydrogens is 516 g/mol. The van der Waals surface area contributed by atoms with Gasteiger partial charge in [0.1, 0.15) is 29.9 Å². The zero-order chi connectivity index (χ0) is 28.0. The molecule has 0 spiro atoms. The summed E-state index contributed by atoms with van der Waals surface area (Å²) in [6.45, 7) is 2.64. The van der Waals surface area contributed by atoms with Crippen LogP contribution in [0, 0.1) is 23.5 Å². The molecule has 40 heavy (non-hydrogen) atoms. The first-order valence-corrected chi connectivity index (χ1v) is 13.1. The average Bonchev–Trinajstić information content (AvgIpc) is 3.67. The van der Waals surface area contributed by atoms with E-state index in [1.165, 1.54) is 23.4 Å². The van der Waals surface area contributed by atoms with E-state index in [1.807, 2.05) is 67.8 Å². The second kappa shape index (κ2) is 12.5. The van der Waals surface area contributed by atoms with E-state index in [4.69, 9.17) is 9.47 Å². The first-order chi connectivity index (χ1) is 19.4. The third-order valence-electron chi connectivity index (χ3n) is 7.09. The number of rotatable bonds is 10. The SMILES string of the molecule is CC(CC1COC(C=CC=Cc2ccc(-n3cccn3)cc2)OC1)C(O)(Cn1cncn1)c1ccc(F)cc1F. The molecule has 0 amide bonds. The van der Waals surface area contributed by atoms with Gasteiger partial charge in [0.25, 0.3) is 0 Å². The monoisotopic (exact) mass is 547 g/mol. The van der Waals surface area contributed by atoms with Gasteiger partial charge in [0.15, 0.2) is 6.29 Å². The fraction of sp³-hybridized carbons (Fsp3) is 0.300. The maximum atomic E-state index is 14.8. The number of benzene rings is 2. The molecule has 208 valence electrons. The zero-order valence-corrected chi connectivity index (χ0v) is 22.1. The van der Waals surface area contributed by atoms with E-state index < -0.39 is 29.4 Å². The summed E-state index contributed by atoms with van der Waals surface area (Å²) in [7, 11) is 0. The molecule has 1 saturated heterocycles. The fourth-order valence-corrected chi connectivity index (χ4v) is 4.89. The highest BCUT2D eigenvalue weighted by Crippen LogP contribution is 2.37. The van der Waals surface area contributed by atoms with Gasteiger partial charge < -0.3 is 14.6 Å². The maximum Gasteiger partial charge on any atom is 0.177 e. The molecule has 0 bridgehead atoms. The van der Waals surface area contributed by atoms with Crippen LogP contribution in [-0.2, 0) is 21.6 Å². The maximum absolute atomic E-state index is 14.8. The topological polar surface area (TPSA) is 87.2 Å².